The molecule has 1 aromatic carbocycles. The van der Waals surface area contributed by atoms with Gasteiger partial charge in [-0.2, -0.15) is 0 Å². The van der Waals surface area contributed by atoms with Crippen molar-refractivity contribution < 1.29 is 15.7 Å². The van der Waals surface area contributed by atoms with Crippen molar-refractivity contribution in [3.8, 4) is 0 Å². The third-order valence-electron chi connectivity index (χ3n) is 3.51. The minimum absolute atomic E-state index is 0. The van der Waals surface area contributed by atoms with Crippen molar-refractivity contribution in [3.05, 3.63) is 36.9 Å². The molecule has 0 saturated carbocycles. The molecule has 1 aliphatic rings. The van der Waals surface area contributed by atoms with E-state index in [9.17, 15) is 4.79 Å². The molecule has 2 rings (SSSR count). The summed E-state index contributed by atoms with van der Waals surface area (Å²) in [6, 6.07) is 8.47. The van der Waals surface area contributed by atoms with Gasteiger partial charge in [-0.3, -0.25) is 4.79 Å². The number of nitrogens with one attached hydrogen (secondary N) is 2. The first-order valence-electron chi connectivity index (χ1n) is 7.28. The van der Waals surface area contributed by atoms with Crippen molar-refractivity contribution in [1.82, 2.24) is 9.62 Å². The fraction of sp³-hybridized carbons (Fsp3) is 0.438. The summed E-state index contributed by atoms with van der Waals surface area (Å²) in [7, 11) is 0. The molecule has 1 heterocycles. The molecule has 6 nitrogen and oxygen atoms in total. The number of carbonyl (C=O) groups is 1. The second kappa shape index (κ2) is 10.4. The molecule has 1 amide bonds. The Kier molecular flexibility index (Phi) is 9.78. The molecule has 23 heavy (non-hydrogen) atoms. The highest BCUT2D eigenvalue weighted by atomic mass is 32.2. The van der Waals surface area contributed by atoms with Crippen LogP contribution in [0.25, 0.3) is 0 Å². The normalized spacial score (nSPS) is 17.8. The molecule has 1 aromatic rings. The van der Waals surface area contributed by atoms with Crippen molar-refractivity contribution in [2.24, 2.45) is 5.92 Å². The van der Waals surface area contributed by atoms with Gasteiger partial charge in [0, 0.05) is 36.3 Å². The zero-order valence-electron chi connectivity index (χ0n) is 13.6. The summed E-state index contributed by atoms with van der Waals surface area (Å²) in [6.45, 7) is 11.1. The van der Waals surface area contributed by atoms with Gasteiger partial charge in [0.1, 0.15) is 0 Å². The molecule has 1 saturated heterocycles. The number of carbonyl (C=O) groups excluding carboxylic acids is 1. The Hall–Kier alpha value is -1.38. The third kappa shape index (κ3) is 6.72. The van der Waals surface area contributed by atoms with E-state index in [1.165, 1.54) is 11.0 Å². The standard InChI is InChI=1S/C16H23N3OS.2H2O/c1-4-16(20)18-13-5-7-14(8-6-13)21-19-10-9-17-15(11-19)12(2)3;;/h4-8,12,15,17H,1,9-11H2,2-3H3,(H,18,20);2*1H2/t15-;;/m1../s1. The molecule has 0 bridgehead atoms. The van der Waals surface area contributed by atoms with Crippen LogP contribution < -0.4 is 10.6 Å². The van der Waals surface area contributed by atoms with Gasteiger partial charge < -0.3 is 21.6 Å². The smallest absolute Gasteiger partial charge is 0.247 e. The van der Waals surface area contributed by atoms with Crippen LogP contribution in [0.5, 0.6) is 0 Å². The molecule has 130 valence electrons. The SMILES string of the molecule is C=CC(=O)Nc1ccc(SN2CCN[C@@H](C(C)C)C2)cc1.O.O. The maximum absolute atomic E-state index is 11.2. The third-order valence-corrected chi connectivity index (χ3v) is 4.59. The van der Waals surface area contributed by atoms with E-state index in [0.717, 1.165) is 25.3 Å². The van der Waals surface area contributed by atoms with E-state index in [1.54, 1.807) is 11.9 Å². The molecule has 7 heteroatoms. The highest BCUT2D eigenvalue weighted by Crippen LogP contribution is 2.26. The fourth-order valence-electron chi connectivity index (χ4n) is 2.22. The van der Waals surface area contributed by atoms with E-state index in [2.05, 4.69) is 35.4 Å². The lowest BCUT2D eigenvalue weighted by atomic mass is 10.0. The Balaban J connectivity index is 0.00000242. The van der Waals surface area contributed by atoms with Gasteiger partial charge in [-0.1, -0.05) is 20.4 Å². The Morgan fingerprint density at radius 3 is 2.61 bits per heavy atom. The van der Waals surface area contributed by atoms with Crippen LogP contribution >= 0.6 is 11.9 Å². The predicted octanol–water partition coefficient (Wildman–Crippen LogP) is 1.10. The lowest BCUT2D eigenvalue weighted by Crippen LogP contribution is -2.50. The topological polar surface area (TPSA) is 107 Å². The van der Waals surface area contributed by atoms with E-state index in [1.807, 2.05) is 24.3 Å². The summed E-state index contributed by atoms with van der Waals surface area (Å²) in [6.07, 6.45) is 1.27. The molecule has 1 atom stereocenters. The lowest BCUT2D eigenvalue weighted by molar-refractivity contribution is -0.111. The predicted molar refractivity (Wildman–Crippen MR) is 96.6 cm³/mol. The largest absolute Gasteiger partial charge is 0.412 e. The molecular weight excluding hydrogens is 314 g/mol. The van der Waals surface area contributed by atoms with E-state index >= 15 is 0 Å². The summed E-state index contributed by atoms with van der Waals surface area (Å²) in [5.41, 5.74) is 0.796. The molecule has 0 aromatic heterocycles. The average Bonchev–Trinajstić information content (AvgIpc) is 2.49. The first kappa shape index (κ1) is 21.6. The number of rotatable bonds is 5. The lowest BCUT2D eigenvalue weighted by Gasteiger charge is -2.34. The van der Waals surface area contributed by atoms with Crippen LogP contribution in [0, 0.1) is 5.92 Å². The highest BCUT2D eigenvalue weighted by Gasteiger charge is 2.22. The summed E-state index contributed by atoms with van der Waals surface area (Å²) < 4.78 is 2.40. The minimum Gasteiger partial charge on any atom is -0.412 e. The zero-order chi connectivity index (χ0) is 15.2. The number of anilines is 1. The van der Waals surface area contributed by atoms with Gasteiger partial charge in [0.15, 0.2) is 0 Å². The molecule has 0 unspecified atom stereocenters. The van der Waals surface area contributed by atoms with Crippen molar-refractivity contribution >= 4 is 23.5 Å². The Morgan fingerprint density at radius 1 is 1.39 bits per heavy atom. The van der Waals surface area contributed by atoms with Gasteiger partial charge in [-0.15, -0.1) is 0 Å². The van der Waals surface area contributed by atoms with Crippen molar-refractivity contribution in [2.45, 2.75) is 24.8 Å². The van der Waals surface area contributed by atoms with Crippen LogP contribution in [-0.4, -0.2) is 46.8 Å². The van der Waals surface area contributed by atoms with Crippen LogP contribution in [-0.2, 0) is 4.79 Å². The molecule has 1 fully saturated rings. The van der Waals surface area contributed by atoms with Gasteiger partial charge in [-0.05, 0) is 48.2 Å². The van der Waals surface area contributed by atoms with Gasteiger partial charge >= 0.3 is 0 Å². The fourth-order valence-corrected chi connectivity index (χ4v) is 3.19. The Morgan fingerprint density at radius 2 is 2.04 bits per heavy atom. The second-order valence-electron chi connectivity index (χ2n) is 5.50. The summed E-state index contributed by atoms with van der Waals surface area (Å²) >= 11 is 1.78. The van der Waals surface area contributed by atoms with Crippen LogP contribution in [0.1, 0.15) is 13.8 Å². The number of hydrogen-bond donors (Lipinski definition) is 2. The Labute approximate surface area is 142 Å². The summed E-state index contributed by atoms with van der Waals surface area (Å²) in [5.74, 6) is 0.460. The molecule has 0 spiro atoms. The molecule has 0 radical (unpaired) electrons. The zero-order valence-corrected chi connectivity index (χ0v) is 14.5. The first-order chi connectivity index (χ1) is 10.1. The van der Waals surface area contributed by atoms with Gasteiger partial charge in [0.25, 0.3) is 0 Å². The van der Waals surface area contributed by atoms with Crippen molar-refractivity contribution in [1.29, 1.82) is 0 Å². The van der Waals surface area contributed by atoms with Gasteiger partial charge in [0.2, 0.25) is 5.91 Å². The Bertz CT molecular complexity index is 494. The number of piperazine rings is 1. The second-order valence-corrected chi connectivity index (χ2v) is 6.67. The number of nitrogens with zero attached hydrogens (tertiary/aromatic N) is 1. The van der Waals surface area contributed by atoms with E-state index in [4.69, 9.17) is 0 Å². The number of benzene rings is 1. The van der Waals surface area contributed by atoms with Crippen LogP contribution in [0.15, 0.2) is 41.8 Å². The van der Waals surface area contributed by atoms with E-state index in [-0.39, 0.29) is 16.9 Å². The molecule has 6 N–H and O–H groups in total. The average molecular weight is 341 g/mol. The maximum atomic E-state index is 11.2. The number of hydrogen-bond acceptors (Lipinski definition) is 4. The van der Waals surface area contributed by atoms with Crippen LogP contribution in [0.4, 0.5) is 5.69 Å². The molecule has 1 aliphatic heterocycles. The summed E-state index contributed by atoms with van der Waals surface area (Å²) in [5, 5.41) is 6.31. The van der Waals surface area contributed by atoms with Gasteiger partial charge in [0.05, 0.1) is 0 Å². The highest BCUT2D eigenvalue weighted by molar-refractivity contribution is 7.97. The van der Waals surface area contributed by atoms with Crippen LogP contribution in [0.3, 0.4) is 0 Å². The summed E-state index contributed by atoms with van der Waals surface area (Å²) in [4.78, 5) is 12.4. The minimum atomic E-state index is -0.183. The number of amides is 1. The molecule has 0 aliphatic carbocycles. The maximum Gasteiger partial charge on any atom is 0.247 e. The van der Waals surface area contributed by atoms with Crippen molar-refractivity contribution in [2.75, 3.05) is 25.0 Å². The molecular formula is C16H27N3O3S. The quantitative estimate of drug-likeness (QED) is 0.617. The van der Waals surface area contributed by atoms with E-state index < -0.39 is 0 Å². The van der Waals surface area contributed by atoms with E-state index in [0.29, 0.717) is 12.0 Å². The van der Waals surface area contributed by atoms with Crippen molar-refractivity contribution in [3.63, 3.8) is 0 Å². The van der Waals surface area contributed by atoms with Crippen LogP contribution in [0.2, 0.25) is 0 Å². The van der Waals surface area contributed by atoms with Gasteiger partial charge in [-0.25, -0.2) is 4.31 Å². The monoisotopic (exact) mass is 341 g/mol. The first-order valence-corrected chi connectivity index (χ1v) is 8.05.